The Hall–Kier alpha value is -0.200. The molecule has 0 aromatic heterocycles. The molecule has 0 heterocycles. The standard InChI is InChI=1S/C12H30N4O/c1-10-11(13(2)3,14(4)5)12(17,15(6)7)16(8)9/h17H,10H2,1-9H3. The van der Waals surface area contributed by atoms with Crippen LogP contribution in [0.25, 0.3) is 0 Å². The summed E-state index contributed by atoms with van der Waals surface area (Å²) < 4.78 is 0. The lowest BCUT2D eigenvalue weighted by Gasteiger charge is -2.59. The first-order valence-corrected chi connectivity index (χ1v) is 6.01. The predicted octanol–water partition coefficient (Wildman–Crippen LogP) is -0.0148. The van der Waals surface area contributed by atoms with Crippen molar-refractivity contribution in [3.8, 4) is 0 Å². The molecule has 0 saturated heterocycles. The normalized spacial score (nSPS) is 14.5. The van der Waals surface area contributed by atoms with Gasteiger partial charge in [-0.3, -0.25) is 19.6 Å². The van der Waals surface area contributed by atoms with Crippen LogP contribution in [0.4, 0.5) is 0 Å². The van der Waals surface area contributed by atoms with Gasteiger partial charge in [0, 0.05) is 0 Å². The highest BCUT2D eigenvalue weighted by Crippen LogP contribution is 2.35. The van der Waals surface area contributed by atoms with Crippen molar-refractivity contribution in [3.63, 3.8) is 0 Å². The van der Waals surface area contributed by atoms with E-state index in [2.05, 4.69) is 16.7 Å². The third-order valence-corrected chi connectivity index (χ3v) is 3.76. The molecule has 0 radical (unpaired) electrons. The lowest BCUT2D eigenvalue weighted by molar-refractivity contribution is -0.297. The zero-order valence-corrected chi connectivity index (χ0v) is 12.9. The highest BCUT2D eigenvalue weighted by molar-refractivity contribution is 4.99. The highest BCUT2D eigenvalue weighted by Gasteiger charge is 2.56. The Kier molecular flexibility index (Phi) is 5.56. The summed E-state index contributed by atoms with van der Waals surface area (Å²) in [6.45, 7) is 2.10. The largest absolute Gasteiger partial charge is 0.360 e. The molecule has 0 aliphatic rings. The van der Waals surface area contributed by atoms with Gasteiger partial charge in [0.05, 0.1) is 0 Å². The zero-order valence-electron chi connectivity index (χ0n) is 12.9. The minimum atomic E-state index is -1.07. The average molecular weight is 246 g/mol. The van der Waals surface area contributed by atoms with Crippen molar-refractivity contribution in [3.05, 3.63) is 0 Å². The first kappa shape index (κ1) is 16.8. The SMILES string of the molecule is CCC(N(C)C)(N(C)C)C(O)(N(C)C)N(C)C. The van der Waals surface area contributed by atoms with E-state index in [4.69, 9.17) is 0 Å². The van der Waals surface area contributed by atoms with Gasteiger partial charge in [0.2, 0.25) is 5.85 Å². The van der Waals surface area contributed by atoms with E-state index in [-0.39, 0.29) is 0 Å². The molecule has 104 valence electrons. The van der Waals surface area contributed by atoms with Gasteiger partial charge in [0.15, 0.2) is 0 Å². The van der Waals surface area contributed by atoms with Gasteiger partial charge < -0.3 is 5.11 Å². The van der Waals surface area contributed by atoms with Crippen LogP contribution < -0.4 is 0 Å². The van der Waals surface area contributed by atoms with Gasteiger partial charge in [-0.2, -0.15) is 0 Å². The maximum atomic E-state index is 11.2. The van der Waals surface area contributed by atoms with E-state index in [1.54, 1.807) is 0 Å². The minimum Gasteiger partial charge on any atom is -0.360 e. The molecule has 0 unspecified atom stereocenters. The Bertz CT molecular complexity index is 223. The molecule has 5 nitrogen and oxygen atoms in total. The second-order valence-electron chi connectivity index (χ2n) is 5.38. The predicted molar refractivity (Wildman–Crippen MR) is 72.7 cm³/mol. The molecule has 0 bridgehead atoms. The lowest BCUT2D eigenvalue weighted by Crippen LogP contribution is -2.78. The number of hydrogen-bond donors (Lipinski definition) is 1. The third-order valence-electron chi connectivity index (χ3n) is 3.76. The minimum absolute atomic E-state index is 0.486. The number of rotatable bonds is 6. The van der Waals surface area contributed by atoms with Crippen molar-refractivity contribution >= 4 is 0 Å². The van der Waals surface area contributed by atoms with E-state index < -0.39 is 11.5 Å². The Morgan fingerprint density at radius 3 is 1.06 bits per heavy atom. The van der Waals surface area contributed by atoms with E-state index in [9.17, 15) is 5.11 Å². The van der Waals surface area contributed by atoms with Crippen LogP contribution in [-0.4, -0.2) is 92.6 Å². The van der Waals surface area contributed by atoms with Crippen molar-refractivity contribution < 1.29 is 5.11 Å². The summed E-state index contributed by atoms with van der Waals surface area (Å²) in [6, 6.07) is 0. The van der Waals surface area contributed by atoms with Gasteiger partial charge in [-0.25, -0.2) is 0 Å². The molecule has 0 aliphatic heterocycles. The Labute approximate surface area is 107 Å². The van der Waals surface area contributed by atoms with Gasteiger partial charge >= 0.3 is 0 Å². The summed E-state index contributed by atoms with van der Waals surface area (Å²) in [5, 5.41) is 11.2. The van der Waals surface area contributed by atoms with E-state index >= 15 is 0 Å². The van der Waals surface area contributed by atoms with Gasteiger partial charge in [-0.05, 0) is 62.8 Å². The second-order valence-corrected chi connectivity index (χ2v) is 5.38. The quantitative estimate of drug-likeness (QED) is 0.667. The fourth-order valence-corrected chi connectivity index (χ4v) is 2.99. The van der Waals surface area contributed by atoms with Crippen LogP contribution in [0.5, 0.6) is 0 Å². The molecule has 0 aromatic rings. The van der Waals surface area contributed by atoms with Gasteiger partial charge in [0.1, 0.15) is 5.66 Å². The molecule has 0 atom stereocenters. The number of nitrogens with zero attached hydrogens (tertiary/aromatic N) is 4. The van der Waals surface area contributed by atoms with E-state index in [0.29, 0.717) is 0 Å². The molecular formula is C12H30N4O. The molecular weight excluding hydrogens is 216 g/mol. The fraction of sp³-hybridized carbons (Fsp3) is 1.00. The number of hydrogen-bond acceptors (Lipinski definition) is 5. The van der Waals surface area contributed by atoms with Crippen LogP contribution >= 0.6 is 0 Å². The fourth-order valence-electron chi connectivity index (χ4n) is 2.99. The Morgan fingerprint density at radius 1 is 0.706 bits per heavy atom. The zero-order chi connectivity index (χ0) is 14.0. The van der Waals surface area contributed by atoms with Crippen molar-refractivity contribution in [2.24, 2.45) is 0 Å². The molecule has 0 aliphatic carbocycles. The van der Waals surface area contributed by atoms with Gasteiger partial charge in [-0.1, -0.05) is 6.92 Å². The monoisotopic (exact) mass is 246 g/mol. The maximum Gasteiger partial charge on any atom is 0.209 e. The molecule has 17 heavy (non-hydrogen) atoms. The van der Waals surface area contributed by atoms with Crippen LogP contribution in [0.3, 0.4) is 0 Å². The molecule has 0 spiro atoms. The molecule has 0 aromatic carbocycles. The molecule has 0 rings (SSSR count). The van der Waals surface area contributed by atoms with Crippen LogP contribution in [0, 0.1) is 0 Å². The summed E-state index contributed by atoms with van der Waals surface area (Å²) in [7, 11) is 15.6. The van der Waals surface area contributed by atoms with Crippen molar-refractivity contribution in [1.82, 2.24) is 19.6 Å². The van der Waals surface area contributed by atoms with Crippen molar-refractivity contribution in [2.45, 2.75) is 24.9 Å². The molecule has 1 N–H and O–H groups in total. The first-order valence-electron chi connectivity index (χ1n) is 6.01. The average Bonchev–Trinajstić information content (AvgIpc) is 2.16. The van der Waals surface area contributed by atoms with Crippen LogP contribution in [0.15, 0.2) is 0 Å². The lowest BCUT2D eigenvalue weighted by atomic mass is 9.94. The van der Waals surface area contributed by atoms with Crippen molar-refractivity contribution in [1.29, 1.82) is 0 Å². The van der Waals surface area contributed by atoms with E-state index in [1.165, 1.54) is 0 Å². The Balaban J connectivity index is 5.86. The smallest absolute Gasteiger partial charge is 0.209 e. The van der Waals surface area contributed by atoms with Crippen LogP contribution in [0.2, 0.25) is 0 Å². The number of likely N-dealkylation sites (N-methyl/N-ethyl adjacent to an activating group) is 4. The molecule has 5 heteroatoms. The summed E-state index contributed by atoms with van der Waals surface area (Å²) in [6.07, 6.45) is 0.805. The van der Waals surface area contributed by atoms with Crippen molar-refractivity contribution in [2.75, 3.05) is 56.4 Å². The van der Waals surface area contributed by atoms with Crippen LogP contribution in [0.1, 0.15) is 13.3 Å². The highest BCUT2D eigenvalue weighted by atomic mass is 16.3. The molecule has 0 amide bonds. The maximum absolute atomic E-state index is 11.2. The molecule has 0 fully saturated rings. The second kappa shape index (κ2) is 5.63. The summed E-state index contributed by atoms with van der Waals surface area (Å²) in [4.78, 5) is 7.87. The van der Waals surface area contributed by atoms with Gasteiger partial charge in [0.25, 0.3) is 0 Å². The summed E-state index contributed by atoms with van der Waals surface area (Å²) in [5.41, 5.74) is -0.486. The van der Waals surface area contributed by atoms with E-state index in [0.717, 1.165) is 6.42 Å². The Morgan fingerprint density at radius 2 is 1.00 bits per heavy atom. The van der Waals surface area contributed by atoms with E-state index in [1.807, 2.05) is 66.2 Å². The molecule has 0 saturated carbocycles. The number of aliphatic hydroxyl groups is 1. The summed E-state index contributed by atoms with van der Waals surface area (Å²) in [5.74, 6) is -1.07. The topological polar surface area (TPSA) is 33.2 Å². The third kappa shape index (κ3) is 2.35. The van der Waals surface area contributed by atoms with Crippen LogP contribution in [-0.2, 0) is 0 Å². The first-order chi connectivity index (χ1) is 7.58. The van der Waals surface area contributed by atoms with Gasteiger partial charge in [-0.15, -0.1) is 0 Å². The summed E-state index contributed by atoms with van der Waals surface area (Å²) >= 11 is 0.